The minimum absolute atomic E-state index is 0.108. The van der Waals surface area contributed by atoms with Crippen molar-refractivity contribution in [3.63, 3.8) is 0 Å². The van der Waals surface area contributed by atoms with Crippen LogP contribution in [-0.4, -0.2) is 15.5 Å². The Bertz CT molecular complexity index is 1150. The fraction of sp³-hybridized carbons (Fsp3) is 0.292. The SMILES string of the molecule is O=C(CCCn1c(=O)cc(Nc2ccc3c(c2)CCC3)[nH]c1=O)NCc1ccccc1. The second-order valence-electron chi connectivity index (χ2n) is 7.81. The molecule has 0 atom stereocenters. The Labute approximate surface area is 180 Å². The first-order valence-electron chi connectivity index (χ1n) is 10.6. The zero-order valence-corrected chi connectivity index (χ0v) is 17.3. The van der Waals surface area contributed by atoms with Crippen molar-refractivity contribution in [3.8, 4) is 0 Å². The molecule has 1 aliphatic carbocycles. The highest BCUT2D eigenvalue weighted by Crippen LogP contribution is 2.25. The predicted molar refractivity (Wildman–Crippen MR) is 121 cm³/mol. The summed E-state index contributed by atoms with van der Waals surface area (Å²) in [7, 11) is 0. The molecule has 0 saturated heterocycles. The van der Waals surface area contributed by atoms with E-state index in [1.807, 2.05) is 36.4 Å². The van der Waals surface area contributed by atoms with Crippen LogP contribution in [0.3, 0.4) is 0 Å². The zero-order chi connectivity index (χ0) is 21.6. The second kappa shape index (κ2) is 9.47. The summed E-state index contributed by atoms with van der Waals surface area (Å²) in [4.78, 5) is 39.6. The Morgan fingerprint density at radius 2 is 1.81 bits per heavy atom. The molecule has 3 N–H and O–H groups in total. The van der Waals surface area contributed by atoms with E-state index in [0.717, 1.165) is 35.1 Å². The van der Waals surface area contributed by atoms with E-state index in [2.05, 4.69) is 27.8 Å². The number of anilines is 2. The largest absolute Gasteiger partial charge is 0.352 e. The molecule has 1 amide bonds. The number of aromatic amines is 1. The van der Waals surface area contributed by atoms with Gasteiger partial charge in [0.25, 0.3) is 5.56 Å². The molecular weight excluding hydrogens is 392 g/mol. The van der Waals surface area contributed by atoms with Crippen molar-refractivity contribution in [2.24, 2.45) is 0 Å². The van der Waals surface area contributed by atoms with Crippen molar-refractivity contribution in [1.29, 1.82) is 0 Å². The summed E-state index contributed by atoms with van der Waals surface area (Å²) in [5.74, 6) is 0.257. The molecule has 0 fully saturated rings. The maximum absolute atomic E-state index is 12.4. The van der Waals surface area contributed by atoms with Crippen LogP contribution < -0.4 is 21.9 Å². The van der Waals surface area contributed by atoms with Crippen LogP contribution in [0, 0.1) is 0 Å². The van der Waals surface area contributed by atoms with Gasteiger partial charge >= 0.3 is 5.69 Å². The molecule has 160 valence electrons. The topological polar surface area (TPSA) is 96.0 Å². The molecule has 0 aliphatic heterocycles. The summed E-state index contributed by atoms with van der Waals surface area (Å²) in [5.41, 5.74) is 3.67. The smallest absolute Gasteiger partial charge is 0.329 e. The second-order valence-corrected chi connectivity index (χ2v) is 7.81. The monoisotopic (exact) mass is 418 g/mol. The van der Waals surface area contributed by atoms with Crippen molar-refractivity contribution >= 4 is 17.4 Å². The van der Waals surface area contributed by atoms with Crippen LogP contribution in [0.5, 0.6) is 0 Å². The maximum Gasteiger partial charge on any atom is 0.329 e. The number of hydrogen-bond donors (Lipinski definition) is 3. The van der Waals surface area contributed by atoms with Crippen molar-refractivity contribution in [2.75, 3.05) is 5.32 Å². The van der Waals surface area contributed by atoms with E-state index >= 15 is 0 Å². The Balaban J connectivity index is 1.31. The standard InChI is InChI=1S/C24H26N4O3/c29-22(25-16-17-6-2-1-3-7-17)10-5-13-28-23(30)15-21(27-24(28)31)26-20-12-11-18-8-4-9-19(18)14-20/h1-3,6-7,11-12,14-15,26H,4-5,8-10,13,16H2,(H,25,29)(H,27,31). The number of H-pyrrole nitrogens is 1. The van der Waals surface area contributed by atoms with E-state index in [1.54, 1.807) is 0 Å². The number of amides is 1. The lowest BCUT2D eigenvalue weighted by Gasteiger charge is -2.10. The van der Waals surface area contributed by atoms with Gasteiger partial charge in [-0.3, -0.25) is 19.1 Å². The highest BCUT2D eigenvalue weighted by molar-refractivity contribution is 5.75. The summed E-state index contributed by atoms with van der Waals surface area (Å²) >= 11 is 0. The molecule has 2 aromatic carbocycles. The molecule has 0 radical (unpaired) electrons. The van der Waals surface area contributed by atoms with Gasteiger partial charge in [-0.15, -0.1) is 0 Å². The van der Waals surface area contributed by atoms with Crippen molar-refractivity contribution in [3.05, 3.63) is 92.1 Å². The number of aromatic nitrogens is 2. The maximum atomic E-state index is 12.4. The summed E-state index contributed by atoms with van der Waals surface area (Å²) in [5, 5.41) is 5.96. The molecule has 1 heterocycles. The molecular formula is C24H26N4O3. The molecule has 0 bridgehead atoms. The average molecular weight is 418 g/mol. The summed E-state index contributed by atoms with van der Waals surface area (Å²) in [6.07, 6.45) is 3.97. The van der Waals surface area contributed by atoms with E-state index in [-0.39, 0.29) is 18.9 Å². The summed E-state index contributed by atoms with van der Waals surface area (Å²) < 4.78 is 1.12. The normalized spacial score (nSPS) is 12.4. The Hall–Kier alpha value is -3.61. The van der Waals surface area contributed by atoms with Gasteiger partial charge in [0.2, 0.25) is 5.91 Å². The predicted octanol–water partition coefficient (Wildman–Crippen LogP) is 2.87. The van der Waals surface area contributed by atoms with Gasteiger partial charge in [-0.1, -0.05) is 36.4 Å². The first-order chi connectivity index (χ1) is 15.1. The number of nitrogens with one attached hydrogen (secondary N) is 3. The van der Waals surface area contributed by atoms with Gasteiger partial charge in [0, 0.05) is 31.3 Å². The minimum Gasteiger partial charge on any atom is -0.352 e. The highest BCUT2D eigenvalue weighted by Gasteiger charge is 2.12. The van der Waals surface area contributed by atoms with Crippen LogP contribution in [0.1, 0.15) is 36.0 Å². The third-order valence-electron chi connectivity index (χ3n) is 5.52. The Morgan fingerprint density at radius 1 is 1.00 bits per heavy atom. The lowest BCUT2D eigenvalue weighted by molar-refractivity contribution is -0.121. The third kappa shape index (κ3) is 5.31. The minimum atomic E-state index is -0.485. The van der Waals surface area contributed by atoms with Gasteiger partial charge < -0.3 is 10.6 Å². The fourth-order valence-electron chi connectivity index (χ4n) is 3.89. The molecule has 7 heteroatoms. The van der Waals surface area contributed by atoms with Gasteiger partial charge in [-0.2, -0.15) is 0 Å². The van der Waals surface area contributed by atoms with Crippen LogP contribution in [0.25, 0.3) is 0 Å². The van der Waals surface area contributed by atoms with Crippen LogP contribution in [0.4, 0.5) is 11.5 Å². The quantitative estimate of drug-likeness (QED) is 0.524. The first-order valence-corrected chi connectivity index (χ1v) is 10.6. The van der Waals surface area contributed by atoms with E-state index in [1.165, 1.54) is 17.2 Å². The zero-order valence-electron chi connectivity index (χ0n) is 17.3. The average Bonchev–Trinajstić information content (AvgIpc) is 3.23. The van der Waals surface area contributed by atoms with E-state index < -0.39 is 11.2 Å². The number of rotatable bonds is 8. The number of fused-ring (bicyclic) bond motifs is 1. The number of benzene rings is 2. The van der Waals surface area contributed by atoms with E-state index in [9.17, 15) is 14.4 Å². The molecule has 3 aromatic rings. The van der Waals surface area contributed by atoms with Crippen molar-refractivity contribution < 1.29 is 4.79 Å². The molecule has 1 aliphatic rings. The number of hydrogen-bond acceptors (Lipinski definition) is 4. The summed E-state index contributed by atoms with van der Waals surface area (Å²) in [6, 6.07) is 17.1. The lowest BCUT2D eigenvalue weighted by Crippen LogP contribution is -2.35. The molecule has 0 spiro atoms. The summed E-state index contributed by atoms with van der Waals surface area (Å²) in [6.45, 7) is 0.648. The van der Waals surface area contributed by atoms with Crippen LogP contribution in [0.15, 0.2) is 64.2 Å². The highest BCUT2D eigenvalue weighted by atomic mass is 16.2. The van der Waals surface area contributed by atoms with E-state index in [0.29, 0.717) is 18.8 Å². The number of carbonyl (C=O) groups excluding carboxylic acids is 1. The number of aryl methyl sites for hydroxylation is 2. The molecule has 1 aromatic heterocycles. The molecule has 0 unspecified atom stereocenters. The molecule has 7 nitrogen and oxygen atoms in total. The van der Waals surface area contributed by atoms with E-state index in [4.69, 9.17) is 0 Å². The van der Waals surface area contributed by atoms with Gasteiger partial charge in [0.1, 0.15) is 5.82 Å². The lowest BCUT2D eigenvalue weighted by atomic mass is 10.1. The van der Waals surface area contributed by atoms with Gasteiger partial charge in [-0.25, -0.2) is 4.79 Å². The number of nitrogens with zero attached hydrogens (tertiary/aromatic N) is 1. The van der Waals surface area contributed by atoms with Crippen molar-refractivity contribution in [2.45, 2.75) is 45.2 Å². The van der Waals surface area contributed by atoms with Gasteiger partial charge in [0.05, 0.1) is 0 Å². The molecule has 31 heavy (non-hydrogen) atoms. The third-order valence-corrected chi connectivity index (χ3v) is 5.52. The molecule has 4 rings (SSSR count). The molecule has 0 saturated carbocycles. The van der Waals surface area contributed by atoms with Gasteiger partial charge in [0.15, 0.2) is 0 Å². The van der Waals surface area contributed by atoms with Crippen molar-refractivity contribution in [1.82, 2.24) is 14.9 Å². The number of carbonyl (C=O) groups is 1. The van der Waals surface area contributed by atoms with Crippen LogP contribution >= 0.6 is 0 Å². The fourth-order valence-corrected chi connectivity index (χ4v) is 3.89. The Morgan fingerprint density at radius 3 is 2.61 bits per heavy atom. The van der Waals surface area contributed by atoms with Crippen LogP contribution in [-0.2, 0) is 30.7 Å². The van der Waals surface area contributed by atoms with Crippen LogP contribution in [0.2, 0.25) is 0 Å². The Kier molecular flexibility index (Phi) is 6.31. The first kappa shape index (κ1) is 20.7. The van der Waals surface area contributed by atoms with Gasteiger partial charge in [-0.05, 0) is 54.5 Å².